The Hall–Kier alpha value is -1.86. The third-order valence-corrected chi connectivity index (χ3v) is 6.12. The molecule has 0 aromatic heterocycles. The fourth-order valence-electron chi connectivity index (χ4n) is 3.31. The molecule has 1 aliphatic carbocycles. The normalized spacial score (nSPS) is 15.1. The van der Waals surface area contributed by atoms with Crippen LogP contribution in [0, 0.1) is 13.8 Å². The van der Waals surface area contributed by atoms with Gasteiger partial charge in [0.25, 0.3) is 0 Å². The molecule has 0 amide bonds. The molecule has 0 saturated heterocycles. The molecule has 0 aliphatic heterocycles. The van der Waals surface area contributed by atoms with Crippen LogP contribution in [0.15, 0.2) is 65.4 Å². The monoisotopic (exact) mass is 290 g/mol. The van der Waals surface area contributed by atoms with E-state index >= 15 is 0 Å². The zero-order valence-corrected chi connectivity index (χ0v) is 14.5. The number of allylic oxidation sites excluding steroid dienone is 4. The van der Waals surface area contributed by atoms with E-state index in [2.05, 4.69) is 75.4 Å². The molecule has 0 atom stereocenters. The standard InChI is InChI=1S/C20H22Si/c1-14-11-15(2)13-17(12-14)20-16(3)9-10-19(20)21-18-7-5-4-6-8-18/h4-9,11-13H,10,21H2,1-3H3. The van der Waals surface area contributed by atoms with Gasteiger partial charge in [0.2, 0.25) is 0 Å². The molecule has 0 radical (unpaired) electrons. The Morgan fingerprint density at radius 2 is 1.52 bits per heavy atom. The zero-order valence-electron chi connectivity index (χ0n) is 13.1. The molecule has 2 aromatic carbocycles. The molecular formula is C20H22Si. The van der Waals surface area contributed by atoms with Crippen molar-refractivity contribution in [3.8, 4) is 0 Å². The molecule has 0 heterocycles. The summed E-state index contributed by atoms with van der Waals surface area (Å²) >= 11 is 0. The lowest BCUT2D eigenvalue weighted by molar-refractivity contribution is 1.36. The van der Waals surface area contributed by atoms with Crippen molar-refractivity contribution in [2.75, 3.05) is 0 Å². The van der Waals surface area contributed by atoms with Gasteiger partial charge in [-0.25, -0.2) is 0 Å². The largest absolute Gasteiger partial charge is 0.0836 e. The van der Waals surface area contributed by atoms with E-state index in [0.717, 1.165) is 6.42 Å². The quantitative estimate of drug-likeness (QED) is 0.753. The summed E-state index contributed by atoms with van der Waals surface area (Å²) < 4.78 is 0. The summed E-state index contributed by atoms with van der Waals surface area (Å²) in [5.41, 5.74) is 7.11. The van der Waals surface area contributed by atoms with E-state index in [4.69, 9.17) is 0 Å². The summed E-state index contributed by atoms with van der Waals surface area (Å²) in [5.74, 6) is 0. The van der Waals surface area contributed by atoms with Gasteiger partial charge in [0.1, 0.15) is 0 Å². The Morgan fingerprint density at radius 1 is 0.857 bits per heavy atom. The van der Waals surface area contributed by atoms with Crippen molar-refractivity contribution in [3.05, 3.63) is 82.1 Å². The molecule has 1 heteroatoms. The van der Waals surface area contributed by atoms with Gasteiger partial charge in [-0.1, -0.05) is 76.1 Å². The Bertz CT molecular complexity index is 701. The number of rotatable bonds is 3. The van der Waals surface area contributed by atoms with Crippen LogP contribution in [0.3, 0.4) is 0 Å². The lowest BCUT2D eigenvalue weighted by Crippen LogP contribution is -2.16. The van der Waals surface area contributed by atoms with Crippen molar-refractivity contribution in [1.82, 2.24) is 0 Å². The molecule has 0 N–H and O–H groups in total. The number of hydrogen-bond donors (Lipinski definition) is 0. The highest BCUT2D eigenvalue weighted by Gasteiger charge is 2.17. The molecule has 0 nitrogen and oxygen atoms in total. The lowest BCUT2D eigenvalue weighted by Gasteiger charge is -2.12. The molecule has 0 bridgehead atoms. The fraction of sp³-hybridized carbons (Fsp3) is 0.200. The molecule has 3 rings (SSSR count). The smallest absolute Gasteiger partial charge is 0.0773 e. The molecule has 0 fully saturated rings. The minimum atomic E-state index is -0.355. The van der Waals surface area contributed by atoms with Crippen molar-refractivity contribution in [2.45, 2.75) is 27.2 Å². The maximum atomic E-state index is 2.40. The van der Waals surface area contributed by atoms with Gasteiger partial charge in [-0.2, -0.15) is 0 Å². The first-order valence-electron chi connectivity index (χ1n) is 7.65. The average molecular weight is 290 g/mol. The second kappa shape index (κ2) is 5.86. The maximum absolute atomic E-state index is 2.40. The highest BCUT2D eigenvalue weighted by Crippen LogP contribution is 2.34. The maximum Gasteiger partial charge on any atom is 0.0836 e. The molecule has 0 saturated carbocycles. The van der Waals surface area contributed by atoms with Gasteiger partial charge in [0.15, 0.2) is 0 Å². The molecule has 0 spiro atoms. The summed E-state index contributed by atoms with van der Waals surface area (Å²) in [6, 6.07) is 17.9. The highest BCUT2D eigenvalue weighted by molar-refractivity contribution is 6.62. The second-order valence-electron chi connectivity index (χ2n) is 6.11. The highest BCUT2D eigenvalue weighted by atomic mass is 28.2. The molecular weight excluding hydrogens is 268 g/mol. The summed E-state index contributed by atoms with van der Waals surface area (Å²) in [5, 5.41) is 3.22. The van der Waals surface area contributed by atoms with Gasteiger partial charge in [-0.15, -0.1) is 0 Å². The van der Waals surface area contributed by atoms with Crippen molar-refractivity contribution in [1.29, 1.82) is 0 Å². The van der Waals surface area contributed by atoms with E-state index in [9.17, 15) is 0 Å². The van der Waals surface area contributed by atoms with E-state index < -0.39 is 0 Å². The Labute approximate surface area is 130 Å². The molecule has 106 valence electrons. The van der Waals surface area contributed by atoms with Crippen LogP contribution in [0.2, 0.25) is 0 Å². The lowest BCUT2D eigenvalue weighted by atomic mass is 9.98. The van der Waals surface area contributed by atoms with Gasteiger partial charge in [0, 0.05) is 0 Å². The first-order valence-corrected chi connectivity index (χ1v) is 9.06. The average Bonchev–Trinajstić information content (AvgIpc) is 2.80. The first-order chi connectivity index (χ1) is 10.1. The summed E-state index contributed by atoms with van der Waals surface area (Å²) in [6.07, 6.45) is 3.55. The SMILES string of the molecule is CC1=CCC([SiH2]c2ccccc2)=C1c1cc(C)cc(C)c1. The van der Waals surface area contributed by atoms with E-state index in [1.54, 1.807) is 5.20 Å². The molecule has 0 unspecified atom stereocenters. The zero-order chi connectivity index (χ0) is 14.8. The van der Waals surface area contributed by atoms with Crippen molar-refractivity contribution < 1.29 is 0 Å². The van der Waals surface area contributed by atoms with E-state index in [-0.39, 0.29) is 9.52 Å². The van der Waals surface area contributed by atoms with Crippen LogP contribution >= 0.6 is 0 Å². The van der Waals surface area contributed by atoms with Crippen LogP contribution in [-0.2, 0) is 0 Å². The van der Waals surface area contributed by atoms with Crippen LogP contribution in [0.5, 0.6) is 0 Å². The van der Waals surface area contributed by atoms with Gasteiger partial charge in [0.05, 0.1) is 9.52 Å². The van der Waals surface area contributed by atoms with Crippen molar-refractivity contribution >= 4 is 20.3 Å². The summed E-state index contributed by atoms with van der Waals surface area (Å²) in [6.45, 7) is 6.65. The Kier molecular flexibility index (Phi) is 3.93. The van der Waals surface area contributed by atoms with Crippen LogP contribution in [0.25, 0.3) is 5.57 Å². The summed E-state index contributed by atoms with van der Waals surface area (Å²) in [4.78, 5) is 0. The Balaban J connectivity index is 2.02. The van der Waals surface area contributed by atoms with Crippen molar-refractivity contribution in [3.63, 3.8) is 0 Å². The van der Waals surface area contributed by atoms with Crippen LogP contribution in [-0.4, -0.2) is 9.52 Å². The van der Waals surface area contributed by atoms with E-state index in [1.807, 2.05) is 0 Å². The Morgan fingerprint density at radius 3 is 2.19 bits per heavy atom. The third kappa shape index (κ3) is 3.08. The van der Waals surface area contributed by atoms with Crippen LogP contribution in [0.4, 0.5) is 0 Å². The van der Waals surface area contributed by atoms with E-state index in [0.29, 0.717) is 0 Å². The van der Waals surface area contributed by atoms with Gasteiger partial charge in [-0.3, -0.25) is 0 Å². The second-order valence-corrected chi connectivity index (χ2v) is 8.13. The molecule has 2 aromatic rings. The van der Waals surface area contributed by atoms with Crippen molar-refractivity contribution in [2.24, 2.45) is 0 Å². The van der Waals surface area contributed by atoms with Gasteiger partial charge >= 0.3 is 0 Å². The molecule has 1 aliphatic rings. The molecule has 21 heavy (non-hydrogen) atoms. The minimum absolute atomic E-state index is 0.355. The number of benzene rings is 2. The number of aryl methyl sites for hydroxylation is 2. The first kappa shape index (κ1) is 14.1. The van der Waals surface area contributed by atoms with Gasteiger partial charge < -0.3 is 0 Å². The third-order valence-electron chi connectivity index (χ3n) is 4.17. The van der Waals surface area contributed by atoms with Crippen LogP contribution in [0.1, 0.15) is 30.0 Å². The fourth-order valence-corrected chi connectivity index (χ4v) is 5.26. The predicted molar refractivity (Wildman–Crippen MR) is 95.8 cm³/mol. The number of hydrogen-bond acceptors (Lipinski definition) is 0. The minimum Gasteiger partial charge on any atom is -0.0773 e. The van der Waals surface area contributed by atoms with Crippen LogP contribution < -0.4 is 5.19 Å². The predicted octanol–water partition coefficient (Wildman–Crippen LogP) is 3.86. The topological polar surface area (TPSA) is 0 Å². The van der Waals surface area contributed by atoms with E-state index in [1.165, 1.54) is 33.0 Å². The summed E-state index contributed by atoms with van der Waals surface area (Å²) in [7, 11) is -0.355. The van der Waals surface area contributed by atoms with Gasteiger partial charge in [-0.05, 0) is 43.9 Å².